The molecule has 0 amide bonds. The average molecular weight is 255 g/mol. The molecular formula is C5HClF6N2O. The number of rotatable bonds is 1. The molecule has 0 aliphatic carbocycles. The van der Waals surface area contributed by atoms with Gasteiger partial charge >= 0.3 is 17.7 Å². The third-order valence-corrected chi connectivity index (χ3v) is 1.47. The highest BCUT2D eigenvalue weighted by Crippen LogP contribution is 2.45. The fourth-order valence-corrected chi connectivity index (χ4v) is 0.915. The van der Waals surface area contributed by atoms with Gasteiger partial charge in [-0.15, -0.1) is 5.10 Å². The van der Waals surface area contributed by atoms with E-state index in [-0.39, 0.29) is 0 Å². The van der Waals surface area contributed by atoms with Crippen LogP contribution in [0.3, 0.4) is 0 Å². The normalized spacial score (nSPS) is 13.6. The molecule has 15 heavy (non-hydrogen) atoms. The van der Waals surface area contributed by atoms with E-state index < -0.39 is 29.5 Å². The summed E-state index contributed by atoms with van der Waals surface area (Å²) in [6, 6.07) is 0. The fourth-order valence-electron chi connectivity index (χ4n) is 0.798. The molecule has 1 aromatic rings. The zero-order valence-electron chi connectivity index (χ0n) is 6.53. The van der Waals surface area contributed by atoms with E-state index in [1.54, 1.807) is 0 Å². The van der Waals surface area contributed by atoms with Gasteiger partial charge in [-0.1, -0.05) is 5.10 Å². The molecule has 0 spiro atoms. The van der Waals surface area contributed by atoms with E-state index in [2.05, 4.69) is 14.6 Å². The van der Waals surface area contributed by atoms with Gasteiger partial charge in [0.05, 0.1) is 0 Å². The van der Waals surface area contributed by atoms with Crippen molar-refractivity contribution < 1.29 is 30.8 Å². The van der Waals surface area contributed by atoms with Crippen molar-refractivity contribution in [2.75, 3.05) is 0 Å². The van der Waals surface area contributed by atoms with Gasteiger partial charge in [0.15, 0.2) is 0 Å². The van der Waals surface area contributed by atoms with Crippen molar-refractivity contribution >= 4 is 11.6 Å². The number of alkyl halides is 6. The smallest absolute Gasteiger partial charge is 0.409 e. The van der Waals surface area contributed by atoms with Crippen LogP contribution >= 0.6 is 11.6 Å². The quantitative estimate of drug-likeness (QED) is 0.723. The minimum absolute atomic E-state index is 0.886. The molecule has 0 saturated heterocycles. The lowest BCUT2D eigenvalue weighted by Gasteiger charge is -2.19. The summed E-state index contributed by atoms with van der Waals surface area (Å²) in [5, 5.41) is 4.39. The van der Waals surface area contributed by atoms with E-state index in [0.717, 1.165) is 0 Å². The third kappa shape index (κ3) is 2.74. The average Bonchev–Trinajstić information content (AvgIpc) is 2.28. The second kappa shape index (κ2) is 3.54. The van der Waals surface area contributed by atoms with E-state index >= 15 is 0 Å². The zero-order valence-corrected chi connectivity index (χ0v) is 7.28. The van der Waals surface area contributed by atoms with Gasteiger partial charge in [0.2, 0.25) is 11.8 Å². The van der Waals surface area contributed by atoms with Crippen LogP contribution in [-0.4, -0.2) is 22.5 Å². The van der Waals surface area contributed by atoms with E-state index in [1.807, 2.05) is 0 Å². The van der Waals surface area contributed by atoms with Crippen molar-refractivity contribution in [3.8, 4) is 0 Å². The van der Waals surface area contributed by atoms with Crippen LogP contribution in [0.2, 0.25) is 5.35 Å². The van der Waals surface area contributed by atoms with Gasteiger partial charge in [-0.25, -0.2) is 0 Å². The first kappa shape index (κ1) is 12.1. The molecule has 0 N–H and O–H groups in total. The largest absolute Gasteiger partial charge is 0.411 e. The zero-order chi connectivity index (χ0) is 11.9. The van der Waals surface area contributed by atoms with Crippen LogP contribution in [-0.2, 0) is 0 Å². The molecule has 0 radical (unpaired) electrons. The Bertz CT molecular complexity index is 330. The highest BCUT2D eigenvalue weighted by molar-refractivity contribution is 6.27. The van der Waals surface area contributed by atoms with Crippen LogP contribution in [0.15, 0.2) is 4.42 Å². The lowest BCUT2D eigenvalue weighted by atomic mass is 10.1. The van der Waals surface area contributed by atoms with Crippen molar-refractivity contribution in [1.82, 2.24) is 10.2 Å². The maximum absolute atomic E-state index is 12.0. The molecule has 0 aliphatic rings. The number of hydrogen-bond acceptors (Lipinski definition) is 3. The maximum atomic E-state index is 12.0. The lowest BCUT2D eigenvalue weighted by Crippen LogP contribution is -2.34. The first-order chi connectivity index (χ1) is 6.62. The molecule has 1 rings (SSSR count). The van der Waals surface area contributed by atoms with Gasteiger partial charge in [-0.05, 0) is 11.6 Å². The molecule has 86 valence electrons. The van der Waals surface area contributed by atoms with Gasteiger partial charge in [-0.3, -0.25) is 0 Å². The molecule has 1 aromatic heterocycles. The van der Waals surface area contributed by atoms with Gasteiger partial charge in [0.25, 0.3) is 0 Å². The summed E-state index contributed by atoms with van der Waals surface area (Å²) < 4.78 is 76.0. The third-order valence-electron chi connectivity index (χ3n) is 1.32. The molecular weight excluding hydrogens is 254 g/mol. The highest BCUT2D eigenvalue weighted by atomic mass is 35.5. The van der Waals surface area contributed by atoms with Crippen LogP contribution in [0, 0.1) is 0 Å². The molecule has 3 nitrogen and oxygen atoms in total. The van der Waals surface area contributed by atoms with Crippen molar-refractivity contribution in [3.05, 3.63) is 11.2 Å². The first-order valence-corrected chi connectivity index (χ1v) is 3.62. The Morgan fingerprint density at radius 2 is 1.47 bits per heavy atom. The molecule has 0 aromatic carbocycles. The second-order valence-corrected chi connectivity index (χ2v) is 2.73. The van der Waals surface area contributed by atoms with Crippen LogP contribution < -0.4 is 0 Å². The topological polar surface area (TPSA) is 38.9 Å². The molecule has 1 heterocycles. The van der Waals surface area contributed by atoms with Crippen LogP contribution in [0.25, 0.3) is 0 Å². The molecule has 0 fully saturated rings. The molecule has 0 unspecified atom stereocenters. The van der Waals surface area contributed by atoms with Crippen molar-refractivity contribution in [2.45, 2.75) is 18.3 Å². The fraction of sp³-hybridized carbons (Fsp3) is 0.600. The highest BCUT2D eigenvalue weighted by Gasteiger charge is 2.60. The van der Waals surface area contributed by atoms with E-state index in [9.17, 15) is 26.3 Å². The maximum Gasteiger partial charge on any atom is 0.409 e. The predicted octanol–water partition coefficient (Wildman–Crippen LogP) is 2.93. The standard InChI is InChI=1S/C5HClF6N2O/c6-3-14-13-2(15-3)1(4(7,8)9)5(10,11)12/h1H. The first-order valence-electron chi connectivity index (χ1n) is 3.24. The van der Waals surface area contributed by atoms with Gasteiger partial charge in [0, 0.05) is 0 Å². The van der Waals surface area contributed by atoms with Crippen molar-refractivity contribution in [1.29, 1.82) is 0 Å². The molecule has 0 atom stereocenters. The monoisotopic (exact) mass is 254 g/mol. The molecule has 0 saturated carbocycles. The lowest BCUT2D eigenvalue weighted by molar-refractivity contribution is -0.258. The summed E-state index contributed by atoms with van der Waals surface area (Å²) >= 11 is 4.93. The Labute approximate surface area is 83.0 Å². The van der Waals surface area contributed by atoms with Crippen LogP contribution in [0.4, 0.5) is 26.3 Å². The summed E-state index contributed by atoms with van der Waals surface area (Å²) in [5.74, 6) is -5.44. The summed E-state index contributed by atoms with van der Waals surface area (Å²) in [6.07, 6.45) is -11.1. The van der Waals surface area contributed by atoms with E-state index in [1.165, 1.54) is 0 Å². The van der Waals surface area contributed by atoms with Crippen LogP contribution in [0.5, 0.6) is 0 Å². The Hall–Kier alpha value is -0.990. The van der Waals surface area contributed by atoms with E-state index in [0.29, 0.717) is 0 Å². The van der Waals surface area contributed by atoms with Gasteiger partial charge in [-0.2, -0.15) is 26.3 Å². The van der Waals surface area contributed by atoms with E-state index in [4.69, 9.17) is 11.6 Å². The minimum Gasteiger partial charge on any atom is -0.411 e. The Kier molecular flexibility index (Phi) is 2.85. The Balaban J connectivity index is 3.14. The summed E-state index contributed by atoms with van der Waals surface area (Å²) in [6.45, 7) is 0. The number of aromatic nitrogens is 2. The molecule has 0 aliphatic heterocycles. The summed E-state index contributed by atoms with van der Waals surface area (Å²) in [4.78, 5) is 0. The molecule has 0 bridgehead atoms. The second-order valence-electron chi connectivity index (χ2n) is 2.41. The van der Waals surface area contributed by atoms with Crippen molar-refractivity contribution in [3.63, 3.8) is 0 Å². The summed E-state index contributed by atoms with van der Waals surface area (Å²) in [7, 11) is 0. The summed E-state index contributed by atoms with van der Waals surface area (Å²) in [5.41, 5.74) is 0. The SMILES string of the molecule is FC(F)(F)C(c1nnc(Cl)o1)C(F)(F)F. The van der Waals surface area contributed by atoms with Gasteiger partial charge < -0.3 is 4.42 Å². The number of hydrogen-bond donors (Lipinski definition) is 0. The number of halogens is 7. The number of nitrogens with zero attached hydrogens (tertiary/aromatic N) is 2. The van der Waals surface area contributed by atoms with Crippen molar-refractivity contribution in [2.24, 2.45) is 0 Å². The predicted molar refractivity (Wildman–Crippen MR) is 34.2 cm³/mol. The van der Waals surface area contributed by atoms with Gasteiger partial charge in [0.1, 0.15) is 0 Å². The Morgan fingerprint density at radius 1 is 1.00 bits per heavy atom. The molecule has 10 heteroatoms. The Morgan fingerprint density at radius 3 is 1.73 bits per heavy atom. The minimum atomic E-state index is -5.56. The van der Waals surface area contributed by atoms with Crippen LogP contribution in [0.1, 0.15) is 11.8 Å².